The smallest absolute Gasteiger partial charge is 0.322 e. The first-order chi connectivity index (χ1) is 12.7. The fourth-order valence-corrected chi connectivity index (χ4v) is 2.67. The molecule has 1 N–H and O–H groups in total. The molecule has 0 aromatic heterocycles. The summed E-state index contributed by atoms with van der Waals surface area (Å²) in [6.07, 6.45) is -3.05. The van der Waals surface area contributed by atoms with Crippen LogP contribution in [0, 0.1) is 0 Å². The summed E-state index contributed by atoms with van der Waals surface area (Å²) in [7, 11) is 0. The van der Waals surface area contributed by atoms with Crippen LogP contribution in [0.15, 0.2) is 55.1 Å². The van der Waals surface area contributed by atoms with Crippen LogP contribution in [0.4, 0.5) is 18.9 Å². The van der Waals surface area contributed by atoms with E-state index in [0.717, 1.165) is 29.2 Å². The van der Waals surface area contributed by atoms with Gasteiger partial charge in [0.05, 0.1) is 16.7 Å². The monoisotopic (exact) mass is 374 g/mol. The molecule has 0 fully saturated rings. The van der Waals surface area contributed by atoms with Crippen molar-refractivity contribution in [2.24, 2.45) is 0 Å². The second-order valence-electron chi connectivity index (χ2n) is 5.80. The first kappa shape index (κ1) is 18.4. The Morgan fingerprint density at radius 3 is 2.26 bits per heavy atom. The van der Waals surface area contributed by atoms with Crippen LogP contribution >= 0.6 is 0 Å². The van der Waals surface area contributed by atoms with Crippen LogP contribution in [0.2, 0.25) is 0 Å². The van der Waals surface area contributed by atoms with Crippen LogP contribution in [-0.2, 0) is 6.18 Å². The van der Waals surface area contributed by atoms with Crippen molar-refractivity contribution in [1.82, 2.24) is 4.90 Å². The van der Waals surface area contributed by atoms with E-state index < -0.39 is 29.5 Å². The lowest BCUT2D eigenvalue weighted by Gasteiger charge is -2.09. The van der Waals surface area contributed by atoms with E-state index >= 15 is 0 Å². The molecule has 1 heterocycles. The number of alkyl halides is 3. The molecule has 1 aliphatic heterocycles. The minimum absolute atomic E-state index is 0.0550. The van der Waals surface area contributed by atoms with Gasteiger partial charge in [-0.3, -0.25) is 19.3 Å². The third-order valence-corrected chi connectivity index (χ3v) is 4.01. The van der Waals surface area contributed by atoms with E-state index in [1.54, 1.807) is 0 Å². The van der Waals surface area contributed by atoms with Crippen LogP contribution in [0.25, 0.3) is 0 Å². The molecule has 3 amide bonds. The van der Waals surface area contributed by atoms with Crippen LogP contribution in [0.1, 0.15) is 36.6 Å². The van der Waals surface area contributed by atoms with Gasteiger partial charge in [-0.1, -0.05) is 6.08 Å². The fraction of sp³-hybridized carbons (Fsp3) is 0.105. The lowest BCUT2D eigenvalue weighted by molar-refractivity contribution is -0.137. The summed E-state index contributed by atoms with van der Waals surface area (Å²) in [6, 6.07) is 8.02. The van der Waals surface area contributed by atoms with Gasteiger partial charge >= 0.3 is 6.18 Å². The summed E-state index contributed by atoms with van der Waals surface area (Å²) in [5.41, 5.74) is -0.265. The number of amides is 3. The molecule has 0 aliphatic carbocycles. The Balaban J connectivity index is 1.80. The molecule has 0 saturated heterocycles. The van der Waals surface area contributed by atoms with Gasteiger partial charge in [0.15, 0.2) is 0 Å². The molecule has 2 aromatic rings. The van der Waals surface area contributed by atoms with Crippen molar-refractivity contribution in [3.8, 4) is 0 Å². The Kier molecular flexibility index (Phi) is 4.57. The summed E-state index contributed by atoms with van der Waals surface area (Å²) >= 11 is 0. The van der Waals surface area contributed by atoms with Crippen LogP contribution in [0.5, 0.6) is 0 Å². The number of carbonyl (C=O) groups excluding carboxylic acids is 3. The molecule has 2 aromatic carbocycles. The van der Waals surface area contributed by atoms with Gasteiger partial charge in [-0.15, -0.1) is 6.58 Å². The molecule has 5 nitrogen and oxygen atoms in total. The highest BCUT2D eigenvalue weighted by Gasteiger charge is 2.35. The van der Waals surface area contributed by atoms with Crippen LogP contribution in [0.3, 0.4) is 0 Å². The third-order valence-electron chi connectivity index (χ3n) is 4.01. The standard InChI is InChI=1S/C19H13F3N2O3/c1-2-9-24-17(26)14-8-3-11(10-15(14)18(24)27)16(25)23-13-6-4-12(5-7-13)19(20,21)22/h2-8,10H,1,9H2,(H,23,25). The summed E-state index contributed by atoms with van der Waals surface area (Å²) in [5.74, 6) is -1.61. The number of nitrogens with one attached hydrogen (secondary N) is 1. The lowest BCUT2D eigenvalue weighted by Crippen LogP contribution is -2.29. The zero-order valence-corrected chi connectivity index (χ0v) is 13.8. The van der Waals surface area contributed by atoms with Crippen molar-refractivity contribution in [3.63, 3.8) is 0 Å². The highest BCUT2D eigenvalue weighted by molar-refractivity contribution is 6.22. The van der Waals surface area contributed by atoms with E-state index in [1.807, 2.05) is 0 Å². The predicted octanol–water partition coefficient (Wildman–Crippen LogP) is 3.74. The van der Waals surface area contributed by atoms with Gasteiger partial charge in [0.25, 0.3) is 17.7 Å². The number of benzene rings is 2. The molecule has 0 saturated carbocycles. The molecule has 0 spiro atoms. The summed E-state index contributed by atoms with van der Waals surface area (Å²) in [4.78, 5) is 37.8. The maximum absolute atomic E-state index is 12.6. The number of fused-ring (bicyclic) bond motifs is 1. The van der Waals surface area contributed by atoms with Gasteiger partial charge in [-0.2, -0.15) is 13.2 Å². The van der Waals surface area contributed by atoms with Gasteiger partial charge in [0.1, 0.15) is 0 Å². The third kappa shape index (κ3) is 3.46. The highest BCUT2D eigenvalue weighted by Crippen LogP contribution is 2.30. The maximum Gasteiger partial charge on any atom is 0.416 e. The molecule has 27 heavy (non-hydrogen) atoms. The number of hydrogen-bond donors (Lipinski definition) is 1. The second kappa shape index (κ2) is 6.71. The van der Waals surface area contributed by atoms with Crippen molar-refractivity contribution < 1.29 is 27.6 Å². The number of hydrogen-bond acceptors (Lipinski definition) is 3. The number of anilines is 1. The molecule has 0 atom stereocenters. The minimum atomic E-state index is -4.47. The molecular formula is C19H13F3N2O3. The van der Waals surface area contributed by atoms with Crippen LogP contribution in [-0.4, -0.2) is 29.2 Å². The largest absolute Gasteiger partial charge is 0.416 e. The van der Waals surface area contributed by atoms with Crippen molar-refractivity contribution in [2.45, 2.75) is 6.18 Å². The first-order valence-electron chi connectivity index (χ1n) is 7.82. The minimum Gasteiger partial charge on any atom is -0.322 e. The van der Waals surface area contributed by atoms with Crippen molar-refractivity contribution in [2.75, 3.05) is 11.9 Å². The van der Waals surface area contributed by atoms with Gasteiger partial charge in [-0.05, 0) is 42.5 Å². The highest BCUT2D eigenvalue weighted by atomic mass is 19.4. The van der Waals surface area contributed by atoms with E-state index in [2.05, 4.69) is 11.9 Å². The predicted molar refractivity (Wildman–Crippen MR) is 91.4 cm³/mol. The molecular weight excluding hydrogens is 361 g/mol. The average Bonchev–Trinajstić information content (AvgIpc) is 2.86. The Bertz CT molecular complexity index is 950. The number of halogens is 3. The summed E-state index contributed by atoms with van der Waals surface area (Å²) in [5, 5.41) is 2.46. The quantitative estimate of drug-likeness (QED) is 0.655. The Morgan fingerprint density at radius 1 is 1.04 bits per heavy atom. The molecule has 138 valence electrons. The number of rotatable bonds is 4. The SMILES string of the molecule is C=CCN1C(=O)c2ccc(C(=O)Nc3ccc(C(F)(F)F)cc3)cc2C1=O. The van der Waals surface area contributed by atoms with Gasteiger partial charge < -0.3 is 5.32 Å². The molecule has 0 unspecified atom stereocenters. The Labute approximate surface area is 152 Å². The number of carbonyl (C=O) groups is 3. The zero-order chi connectivity index (χ0) is 19.8. The van der Waals surface area contributed by atoms with Crippen LogP contribution < -0.4 is 5.32 Å². The maximum atomic E-state index is 12.6. The van der Waals surface area contributed by atoms with Crippen molar-refractivity contribution in [1.29, 1.82) is 0 Å². The molecule has 3 rings (SSSR count). The number of imide groups is 1. The van der Waals surface area contributed by atoms with Crippen molar-refractivity contribution in [3.05, 3.63) is 77.4 Å². The Hall–Kier alpha value is -3.42. The fourth-order valence-electron chi connectivity index (χ4n) is 2.67. The van der Waals surface area contributed by atoms with Gasteiger partial charge in [0.2, 0.25) is 0 Å². The van der Waals surface area contributed by atoms with Gasteiger partial charge in [-0.25, -0.2) is 0 Å². The van der Waals surface area contributed by atoms with E-state index in [0.29, 0.717) is 0 Å². The van der Waals surface area contributed by atoms with E-state index in [-0.39, 0.29) is 28.9 Å². The molecule has 0 radical (unpaired) electrons. The molecule has 0 bridgehead atoms. The van der Waals surface area contributed by atoms with Crippen molar-refractivity contribution >= 4 is 23.4 Å². The summed E-state index contributed by atoms with van der Waals surface area (Å²) in [6.45, 7) is 3.54. The molecule has 1 aliphatic rings. The number of nitrogens with zero attached hydrogens (tertiary/aromatic N) is 1. The lowest BCUT2D eigenvalue weighted by atomic mass is 10.1. The zero-order valence-electron chi connectivity index (χ0n) is 13.8. The first-order valence-corrected chi connectivity index (χ1v) is 7.82. The van der Waals surface area contributed by atoms with E-state index in [1.165, 1.54) is 24.3 Å². The van der Waals surface area contributed by atoms with E-state index in [4.69, 9.17) is 0 Å². The summed E-state index contributed by atoms with van der Waals surface area (Å²) < 4.78 is 37.7. The molecule has 8 heteroatoms. The topological polar surface area (TPSA) is 66.5 Å². The second-order valence-corrected chi connectivity index (χ2v) is 5.80. The van der Waals surface area contributed by atoms with E-state index in [9.17, 15) is 27.6 Å². The normalized spacial score (nSPS) is 13.5. The average molecular weight is 374 g/mol. The Morgan fingerprint density at radius 2 is 1.67 bits per heavy atom. The van der Waals surface area contributed by atoms with Gasteiger partial charge in [0, 0.05) is 17.8 Å².